The smallest absolute Gasteiger partial charge is 0.414 e. The Balaban J connectivity index is 1.21. The third-order valence-electron chi connectivity index (χ3n) is 8.25. The molecule has 1 aromatic heterocycles. The van der Waals surface area contributed by atoms with E-state index >= 15 is 13.2 Å². The Morgan fingerprint density at radius 2 is 1.73 bits per heavy atom. The second-order valence-electron chi connectivity index (χ2n) is 11.3. The lowest BCUT2D eigenvalue weighted by molar-refractivity contribution is -0.119. The van der Waals surface area contributed by atoms with Crippen molar-refractivity contribution in [3.05, 3.63) is 63.7 Å². The number of piperazine rings is 1. The minimum absolute atomic E-state index is 0.0516. The van der Waals surface area contributed by atoms with Crippen LogP contribution < -0.4 is 25.4 Å². The lowest BCUT2D eigenvalue weighted by Gasteiger charge is -2.38. The highest BCUT2D eigenvalue weighted by Crippen LogP contribution is 2.40. The van der Waals surface area contributed by atoms with Gasteiger partial charge in [0.15, 0.2) is 5.82 Å². The first-order chi connectivity index (χ1) is 21.6. The zero-order valence-corrected chi connectivity index (χ0v) is 24.8. The van der Waals surface area contributed by atoms with Crippen molar-refractivity contribution in [2.24, 2.45) is 0 Å². The van der Waals surface area contributed by atoms with Gasteiger partial charge in [0, 0.05) is 45.3 Å². The Bertz CT molecular complexity index is 1750. The molecule has 1 aliphatic carbocycles. The summed E-state index contributed by atoms with van der Waals surface area (Å²) in [6.07, 6.45) is 1.56. The van der Waals surface area contributed by atoms with Crippen molar-refractivity contribution in [2.45, 2.75) is 38.8 Å². The number of esters is 1. The van der Waals surface area contributed by atoms with Crippen LogP contribution in [0.2, 0.25) is 0 Å². The van der Waals surface area contributed by atoms with Gasteiger partial charge in [0.1, 0.15) is 29.0 Å². The SMILES string of the molecule is CCOC(=O)c1cn(C2CC2)c2c(F)c(N3CCN(c4ccc(N5C[C@H](CNC(C)=O)OC5=O)cc4F)CC3)c(F)cc2c1=O. The molecule has 3 heterocycles. The number of aromatic nitrogens is 1. The van der Waals surface area contributed by atoms with Gasteiger partial charge in [0.05, 0.1) is 42.0 Å². The molecule has 2 amide bonds. The van der Waals surface area contributed by atoms with Crippen LogP contribution in [-0.2, 0) is 14.3 Å². The zero-order valence-electron chi connectivity index (χ0n) is 24.8. The molecule has 14 heteroatoms. The van der Waals surface area contributed by atoms with E-state index in [-0.39, 0.29) is 85.7 Å². The zero-order chi connectivity index (χ0) is 32.0. The van der Waals surface area contributed by atoms with Gasteiger partial charge in [0.25, 0.3) is 0 Å². The molecule has 0 bridgehead atoms. The van der Waals surface area contributed by atoms with E-state index in [2.05, 4.69) is 5.32 Å². The second kappa shape index (κ2) is 12.0. The van der Waals surface area contributed by atoms with Gasteiger partial charge >= 0.3 is 12.1 Å². The third-order valence-corrected chi connectivity index (χ3v) is 8.25. The highest BCUT2D eigenvalue weighted by Gasteiger charge is 2.34. The normalized spacial score (nSPS) is 18.4. The fraction of sp³-hybridized carbons (Fsp3) is 0.419. The predicted octanol–water partition coefficient (Wildman–Crippen LogP) is 3.72. The maximum absolute atomic E-state index is 16.2. The number of nitrogens with zero attached hydrogens (tertiary/aromatic N) is 4. The number of carbonyl (C=O) groups is 3. The molecule has 1 N–H and O–H groups in total. The number of halogens is 3. The number of amides is 2. The van der Waals surface area contributed by atoms with E-state index in [0.717, 1.165) is 18.9 Å². The van der Waals surface area contributed by atoms with Crippen molar-refractivity contribution < 1.29 is 37.0 Å². The lowest BCUT2D eigenvalue weighted by atomic mass is 10.1. The number of cyclic esters (lactones) is 1. The molecule has 1 saturated carbocycles. The second-order valence-corrected chi connectivity index (χ2v) is 11.3. The van der Waals surface area contributed by atoms with Crippen LogP contribution in [0, 0.1) is 17.5 Å². The van der Waals surface area contributed by atoms with Gasteiger partial charge in [0.2, 0.25) is 11.3 Å². The van der Waals surface area contributed by atoms with Crippen molar-refractivity contribution in [2.75, 3.05) is 60.6 Å². The number of benzene rings is 2. The quantitative estimate of drug-likeness (QED) is 0.376. The number of hydrogen-bond donors (Lipinski definition) is 1. The first-order valence-electron chi connectivity index (χ1n) is 14.8. The molecule has 1 atom stereocenters. The average molecular weight is 628 g/mol. The summed E-state index contributed by atoms with van der Waals surface area (Å²) in [4.78, 5) is 53.6. The van der Waals surface area contributed by atoms with Crippen LogP contribution in [0.1, 0.15) is 43.1 Å². The highest BCUT2D eigenvalue weighted by molar-refractivity contribution is 5.95. The monoisotopic (exact) mass is 627 g/mol. The molecule has 0 radical (unpaired) electrons. The van der Waals surface area contributed by atoms with Gasteiger partial charge in [-0.15, -0.1) is 0 Å². The average Bonchev–Trinajstić information content (AvgIpc) is 3.78. The van der Waals surface area contributed by atoms with Crippen LogP contribution in [0.3, 0.4) is 0 Å². The molecule has 2 aliphatic heterocycles. The molecule has 3 aromatic rings. The number of carbonyl (C=O) groups excluding carboxylic acids is 3. The molecule has 2 aromatic carbocycles. The molecule has 11 nitrogen and oxygen atoms in total. The summed E-state index contributed by atoms with van der Waals surface area (Å²) in [6.45, 7) is 4.13. The molecule has 238 valence electrons. The van der Waals surface area contributed by atoms with E-state index < -0.39 is 41.0 Å². The van der Waals surface area contributed by atoms with E-state index in [1.807, 2.05) is 0 Å². The molecule has 0 unspecified atom stereocenters. The molecular weight excluding hydrogens is 595 g/mol. The molecule has 3 fully saturated rings. The molecular formula is C31H32F3N5O6. The van der Waals surface area contributed by atoms with Crippen molar-refractivity contribution in [1.82, 2.24) is 9.88 Å². The van der Waals surface area contributed by atoms with Gasteiger partial charge in [-0.2, -0.15) is 0 Å². The number of nitrogens with one attached hydrogen (secondary N) is 1. The van der Waals surface area contributed by atoms with Crippen LogP contribution in [0.15, 0.2) is 35.3 Å². The maximum atomic E-state index is 16.2. The van der Waals surface area contributed by atoms with Crippen LogP contribution in [0.5, 0.6) is 0 Å². The van der Waals surface area contributed by atoms with Crippen molar-refractivity contribution in [3.8, 4) is 0 Å². The fourth-order valence-corrected chi connectivity index (χ4v) is 5.90. The number of ether oxygens (including phenoxy) is 2. The lowest BCUT2D eigenvalue weighted by Crippen LogP contribution is -2.47. The molecule has 3 aliphatic rings. The van der Waals surface area contributed by atoms with Crippen molar-refractivity contribution in [3.63, 3.8) is 0 Å². The van der Waals surface area contributed by atoms with Gasteiger partial charge < -0.3 is 29.2 Å². The first-order valence-corrected chi connectivity index (χ1v) is 14.8. The van der Waals surface area contributed by atoms with E-state index in [0.29, 0.717) is 5.69 Å². The Labute approximate surface area is 256 Å². The Kier molecular flexibility index (Phi) is 8.06. The highest BCUT2D eigenvalue weighted by atomic mass is 19.1. The number of anilines is 3. The van der Waals surface area contributed by atoms with Crippen molar-refractivity contribution in [1.29, 1.82) is 0 Å². The molecule has 0 spiro atoms. The first kappa shape index (κ1) is 30.3. The number of hydrogen-bond acceptors (Lipinski definition) is 8. The van der Waals surface area contributed by atoms with Gasteiger partial charge in [-0.25, -0.2) is 22.8 Å². The summed E-state index contributed by atoms with van der Waals surface area (Å²) >= 11 is 0. The summed E-state index contributed by atoms with van der Waals surface area (Å²) in [5.41, 5.74) is -0.824. The van der Waals surface area contributed by atoms with Crippen molar-refractivity contribution >= 4 is 45.9 Å². The van der Waals surface area contributed by atoms with E-state index in [1.54, 1.807) is 24.0 Å². The minimum Gasteiger partial charge on any atom is -0.462 e. The largest absolute Gasteiger partial charge is 0.462 e. The summed E-state index contributed by atoms with van der Waals surface area (Å²) in [6, 6.07) is 5.22. The summed E-state index contributed by atoms with van der Waals surface area (Å²) in [5.74, 6) is -3.49. The minimum atomic E-state index is -0.932. The molecule has 45 heavy (non-hydrogen) atoms. The van der Waals surface area contributed by atoms with Crippen LogP contribution in [-0.4, -0.2) is 74.5 Å². The summed E-state index contributed by atoms with van der Waals surface area (Å²) in [7, 11) is 0. The van der Waals surface area contributed by atoms with E-state index in [1.165, 1.54) is 33.6 Å². The Morgan fingerprint density at radius 3 is 2.38 bits per heavy atom. The molecule has 6 rings (SSSR count). The molecule has 2 saturated heterocycles. The van der Waals surface area contributed by atoms with Crippen LogP contribution in [0.25, 0.3) is 10.9 Å². The Morgan fingerprint density at radius 1 is 1.02 bits per heavy atom. The standard InChI is InChI=1S/C31H32F3N5O6/c1-3-44-30(42)22-16-38(18-4-5-18)27-21(29(22)41)13-24(33)28(26(27)34)37-10-8-36(9-11-37)25-7-6-19(12-23(25)32)39-15-20(45-31(39)43)14-35-17(2)40/h6-7,12-13,16,18,20H,3-5,8-11,14-15H2,1-2H3,(H,35,40)/t20-/m0/s1. The topological polar surface area (TPSA) is 113 Å². The summed E-state index contributed by atoms with van der Waals surface area (Å²) < 4.78 is 58.8. The van der Waals surface area contributed by atoms with Crippen LogP contribution in [0.4, 0.5) is 35.0 Å². The fourth-order valence-electron chi connectivity index (χ4n) is 5.90. The maximum Gasteiger partial charge on any atom is 0.414 e. The van der Waals surface area contributed by atoms with Gasteiger partial charge in [-0.3, -0.25) is 14.5 Å². The predicted molar refractivity (Wildman–Crippen MR) is 159 cm³/mol. The van der Waals surface area contributed by atoms with Gasteiger partial charge in [-0.1, -0.05) is 0 Å². The number of fused-ring (bicyclic) bond motifs is 1. The number of pyridine rings is 1. The van der Waals surface area contributed by atoms with Gasteiger partial charge in [-0.05, 0) is 44.0 Å². The summed E-state index contributed by atoms with van der Waals surface area (Å²) in [5, 5.41) is 2.36. The Hall–Kier alpha value is -4.75. The third kappa shape index (κ3) is 5.76. The van der Waals surface area contributed by atoms with Crippen LogP contribution >= 0.6 is 0 Å². The van der Waals surface area contributed by atoms with E-state index in [9.17, 15) is 19.2 Å². The van der Waals surface area contributed by atoms with E-state index in [4.69, 9.17) is 9.47 Å². The number of rotatable bonds is 8.